The maximum Gasteiger partial charge on any atom is 0.255 e. The summed E-state index contributed by atoms with van der Waals surface area (Å²) in [5.41, 5.74) is 2.99. The predicted molar refractivity (Wildman–Crippen MR) is 120 cm³/mol. The highest BCUT2D eigenvalue weighted by atomic mass is 35.5. The minimum atomic E-state index is -0.151. The van der Waals surface area contributed by atoms with Gasteiger partial charge in [-0.05, 0) is 49.2 Å². The van der Waals surface area contributed by atoms with Gasteiger partial charge in [-0.1, -0.05) is 48.0 Å². The summed E-state index contributed by atoms with van der Waals surface area (Å²) in [7, 11) is 0. The zero-order chi connectivity index (χ0) is 21.7. The van der Waals surface area contributed by atoms with Crippen LogP contribution in [0.25, 0.3) is 11.4 Å². The lowest BCUT2D eigenvalue weighted by Gasteiger charge is -2.07. The van der Waals surface area contributed by atoms with Crippen LogP contribution in [0.3, 0.4) is 0 Å². The van der Waals surface area contributed by atoms with Gasteiger partial charge in [-0.25, -0.2) is 0 Å². The van der Waals surface area contributed by atoms with Crippen molar-refractivity contribution < 1.29 is 5.11 Å². The molecule has 5 nitrogen and oxygen atoms in total. The molecule has 0 saturated heterocycles. The molecule has 0 aliphatic heterocycles. The molecule has 6 heteroatoms. The van der Waals surface area contributed by atoms with Gasteiger partial charge in [0, 0.05) is 24.5 Å². The van der Waals surface area contributed by atoms with E-state index in [9.17, 15) is 14.7 Å². The Morgan fingerprint density at radius 2 is 1.13 bits per heavy atom. The van der Waals surface area contributed by atoms with Crippen molar-refractivity contribution in [3.63, 3.8) is 0 Å². The molecule has 2 aromatic heterocycles. The fourth-order valence-corrected chi connectivity index (χ4v) is 3.10. The van der Waals surface area contributed by atoms with Crippen LogP contribution in [-0.4, -0.2) is 14.2 Å². The van der Waals surface area contributed by atoms with Crippen molar-refractivity contribution >= 4 is 11.6 Å². The summed E-state index contributed by atoms with van der Waals surface area (Å²) in [5, 5.41) is 10.2. The molecule has 4 aromatic rings. The highest BCUT2D eigenvalue weighted by molar-refractivity contribution is 6.32. The molecule has 2 heterocycles. The minimum Gasteiger partial charge on any atom is -0.506 e. The summed E-state index contributed by atoms with van der Waals surface area (Å²) in [6, 6.07) is 20.6. The number of benzene rings is 2. The van der Waals surface area contributed by atoms with Crippen LogP contribution in [0, 0.1) is 13.8 Å². The fraction of sp³-hybridized carbons (Fsp3) is 0.0833. The van der Waals surface area contributed by atoms with E-state index in [1.165, 1.54) is 10.6 Å². The van der Waals surface area contributed by atoms with Crippen LogP contribution in [0.15, 0.2) is 94.8 Å². The normalized spacial score (nSPS) is 10.2. The second kappa shape index (κ2) is 9.29. The Morgan fingerprint density at radius 1 is 0.667 bits per heavy atom. The minimum absolute atomic E-state index is 0.0753. The van der Waals surface area contributed by atoms with Gasteiger partial charge in [0.2, 0.25) is 0 Å². The average molecular weight is 421 g/mol. The number of rotatable bonds is 2. The summed E-state index contributed by atoms with van der Waals surface area (Å²) in [4.78, 5) is 23.2. The summed E-state index contributed by atoms with van der Waals surface area (Å²) in [6.07, 6.45) is 3.49. The SMILES string of the molecule is Cc1ccc(=O)n(-c2ccccc2Cl)c1.Cc1ccc(=O)n(-c2ccccc2O)c1. The number of aryl methyl sites for hydroxylation is 2. The highest BCUT2D eigenvalue weighted by Gasteiger charge is 2.04. The third-order valence-corrected chi connectivity index (χ3v) is 4.69. The van der Waals surface area contributed by atoms with Gasteiger partial charge in [-0.2, -0.15) is 0 Å². The first-order valence-corrected chi connectivity index (χ1v) is 9.66. The van der Waals surface area contributed by atoms with Crippen molar-refractivity contribution in [1.82, 2.24) is 9.13 Å². The molecule has 0 atom stereocenters. The largest absolute Gasteiger partial charge is 0.506 e. The smallest absolute Gasteiger partial charge is 0.255 e. The van der Waals surface area contributed by atoms with Crippen LogP contribution < -0.4 is 11.1 Å². The van der Waals surface area contributed by atoms with Crippen LogP contribution in [0.2, 0.25) is 5.02 Å². The van der Waals surface area contributed by atoms with E-state index in [1.807, 2.05) is 32.0 Å². The van der Waals surface area contributed by atoms with E-state index < -0.39 is 0 Å². The number of phenolic OH excluding ortho intramolecular Hbond substituents is 1. The second-order valence-corrected chi connectivity index (χ2v) is 7.18. The number of aromatic nitrogens is 2. The molecular formula is C24H21ClN2O3. The Morgan fingerprint density at radius 3 is 1.67 bits per heavy atom. The van der Waals surface area contributed by atoms with Crippen molar-refractivity contribution in [2.75, 3.05) is 0 Å². The molecule has 0 radical (unpaired) electrons. The number of nitrogens with zero attached hydrogens (tertiary/aromatic N) is 2. The molecule has 0 fully saturated rings. The molecular weight excluding hydrogens is 400 g/mol. The lowest BCUT2D eigenvalue weighted by molar-refractivity contribution is 0.471. The van der Waals surface area contributed by atoms with E-state index in [0.29, 0.717) is 16.4 Å². The molecule has 2 aromatic carbocycles. The fourth-order valence-electron chi connectivity index (χ4n) is 2.88. The molecule has 152 valence electrons. The summed E-state index contributed by atoms with van der Waals surface area (Å²) in [5.74, 6) is 0.102. The number of pyridine rings is 2. The van der Waals surface area contributed by atoms with Crippen LogP contribution in [-0.2, 0) is 0 Å². The van der Waals surface area contributed by atoms with Gasteiger partial charge >= 0.3 is 0 Å². The molecule has 0 aliphatic rings. The molecule has 0 spiro atoms. The van der Waals surface area contributed by atoms with E-state index in [0.717, 1.165) is 11.1 Å². The molecule has 0 aliphatic carbocycles. The zero-order valence-electron chi connectivity index (χ0n) is 16.6. The summed E-state index contributed by atoms with van der Waals surface area (Å²) >= 11 is 6.02. The first-order chi connectivity index (χ1) is 14.4. The van der Waals surface area contributed by atoms with Crippen LogP contribution in [0.1, 0.15) is 11.1 Å². The molecule has 0 unspecified atom stereocenters. The molecule has 1 N–H and O–H groups in total. The van der Waals surface area contributed by atoms with Crippen molar-refractivity contribution in [3.8, 4) is 17.1 Å². The molecule has 0 saturated carbocycles. The van der Waals surface area contributed by atoms with Crippen molar-refractivity contribution in [2.45, 2.75) is 13.8 Å². The quantitative estimate of drug-likeness (QED) is 0.513. The zero-order valence-corrected chi connectivity index (χ0v) is 17.4. The highest BCUT2D eigenvalue weighted by Crippen LogP contribution is 2.19. The maximum atomic E-state index is 11.6. The first-order valence-electron chi connectivity index (χ1n) is 9.29. The summed E-state index contributed by atoms with van der Waals surface area (Å²) in [6.45, 7) is 3.84. The van der Waals surface area contributed by atoms with Gasteiger partial charge in [-0.3, -0.25) is 18.7 Å². The predicted octanol–water partition coefficient (Wildman–Crippen LogP) is 4.65. The number of hydrogen-bond acceptors (Lipinski definition) is 3. The van der Waals surface area contributed by atoms with Crippen LogP contribution in [0.4, 0.5) is 0 Å². The number of phenols is 1. The standard InChI is InChI=1S/C12H10ClNO.C12H11NO2/c1-9-6-7-12(15)14(8-9)11-5-3-2-4-10(11)13;1-9-6-7-12(15)13(8-9)10-4-2-3-5-11(10)14/h2-8H,1H3;2-8,14H,1H3. The third-order valence-electron chi connectivity index (χ3n) is 4.37. The van der Waals surface area contributed by atoms with Crippen LogP contribution >= 0.6 is 11.6 Å². The lowest BCUT2D eigenvalue weighted by Crippen LogP contribution is -2.16. The van der Waals surface area contributed by atoms with E-state index in [-0.39, 0.29) is 16.9 Å². The van der Waals surface area contributed by atoms with Gasteiger partial charge in [0.15, 0.2) is 0 Å². The number of para-hydroxylation sites is 3. The van der Waals surface area contributed by atoms with Crippen molar-refractivity contribution in [2.24, 2.45) is 0 Å². The molecule has 30 heavy (non-hydrogen) atoms. The number of halogens is 1. The van der Waals surface area contributed by atoms with Crippen LogP contribution in [0.5, 0.6) is 5.75 Å². The van der Waals surface area contributed by atoms with E-state index in [4.69, 9.17) is 11.6 Å². The van der Waals surface area contributed by atoms with Crippen molar-refractivity contribution in [1.29, 1.82) is 0 Å². The van der Waals surface area contributed by atoms with Gasteiger partial charge in [0.1, 0.15) is 5.75 Å². The Labute approximate surface area is 179 Å². The first kappa shape index (κ1) is 21.1. The molecule has 4 rings (SSSR count). The monoisotopic (exact) mass is 420 g/mol. The number of aromatic hydroxyl groups is 1. The Balaban J connectivity index is 0.000000171. The van der Waals surface area contributed by atoms with Gasteiger partial charge in [0.05, 0.1) is 16.4 Å². The van der Waals surface area contributed by atoms with E-state index >= 15 is 0 Å². The average Bonchev–Trinajstić information content (AvgIpc) is 2.73. The number of hydrogen-bond donors (Lipinski definition) is 1. The van der Waals surface area contributed by atoms with Gasteiger partial charge in [0.25, 0.3) is 11.1 Å². The molecule has 0 amide bonds. The molecule has 0 bridgehead atoms. The van der Waals surface area contributed by atoms with E-state index in [1.54, 1.807) is 65.5 Å². The van der Waals surface area contributed by atoms with E-state index in [2.05, 4.69) is 0 Å². The Kier molecular flexibility index (Phi) is 6.54. The summed E-state index contributed by atoms with van der Waals surface area (Å²) < 4.78 is 2.99. The lowest BCUT2D eigenvalue weighted by atomic mass is 10.2. The van der Waals surface area contributed by atoms with Crippen molar-refractivity contribution in [3.05, 3.63) is 122 Å². The second-order valence-electron chi connectivity index (χ2n) is 6.77. The van der Waals surface area contributed by atoms with Gasteiger partial charge in [-0.15, -0.1) is 0 Å². The topological polar surface area (TPSA) is 64.2 Å². The van der Waals surface area contributed by atoms with Gasteiger partial charge < -0.3 is 5.11 Å². The maximum absolute atomic E-state index is 11.6. The Bertz CT molecular complexity index is 1190. The third kappa shape index (κ3) is 4.88. The Hall–Kier alpha value is -3.57.